The fraction of sp³-hybridized carbons (Fsp3) is 0.130. The van der Waals surface area contributed by atoms with Crippen molar-refractivity contribution in [2.45, 2.75) is 13.8 Å². The summed E-state index contributed by atoms with van der Waals surface area (Å²) in [6.07, 6.45) is 0. The molecule has 0 saturated carbocycles. The second-order valence-corrected chi connectivity index (χ2v) is 7.79. The molecule has 0 fully saturated rings. The molecular formula is C23H19Cl2N3O2. The first-order valence-corrected chi connectivity index (χ1v) is 10.1. The van der Waals surface area contributed by atoms with Gasteiger partial charge in [0.1, 0.15) is 11.6 Å². The maximum Gasteiger partial charge on any atom is 0.262 e. The van der Waals surface area contributed by atoms with E-state index in [1.54, 1.807) is 18.2 Å². The normalized spacial score (nSPS) is 10.9. The van der Waals surface area contributed by atoms with Gasteiger partial charge in [-0.1, -0.05) is 35.3 Å². The van der Waals surface area contributed by atoms with E-state index in [0.29, 0.717) is 32.9 Å². The number of nitrogens with one attached hydrogen (secondary N) is 2. The van der Waals surface area contributed by atoms with Crippen LogP contribution in [0.3, 0.4) is 0 Å². The standard InChI is InChI=1S/C23H19Cl2N3O2/c1-13-9-16(10-14(2)22(13)25)30-12-21(29)26-15-7-8-18(24)17(11-15)23-27-19-5-3-4-6-20(19)28-23/h3-11H,12H2,1-2H3,(H,26,29)(H,27,28). The highest BCUT2D eigenvalue weighted by Crippen LogP contribution is 2.30. The number of nitrogens with zero attached hydrogens (tertiary/aromatic N) is 1. The number of carbonyl (C=O) groups is 1. The lowest BCUT2D eigenvalue weighted by atomic mass is 10.1. The van der Waals surface area contributed by atoms with Crippen LogP contribution in [0.5, 0.6) is 5.75 Å². The molecule has 7 heteroatoms. The van der Waals surface area contributed by atoms with E-state index in [-0.39, 0.29) is 12.5 Å². The summed E-state index contributed by atoms with van der Waals surface area (Å²) >= 11 is 12.5. The fourth-order valence-electron chi connectivity index (χ4n) is 3.20. The van der Waals surface area contributed by atoms with Gasteiger partial charge in [0.05, 0.1) is 16.1 Å². The number of hydrogen-bond donors (Lipinski definition) is 2. The minimum Gasteiger partial charge on any atom is -0.484 e. The van der Waals surface area contributed by atoms with Gasteiger partial charge in [0.2, 0.25) is 0 Å². The molecular weight excluding hydrogens is 421 g/mol. The number of H-pyrrole nitrogens is 1. The van der Waals surface area contributed by atoms with Crippen molar-refractivity contribution in [3.63, 3.8) is 0 Å². The molecule has 1 amide bonds. The Morgan fingerprint density at radius 1 is 1.07 bits per heavy atom. The van der Waals surface area contributed by atoms with Crippen LogP contribution in [0.1, 0.15) is 11.1 Å². The summed E-state index contributed by atoms with van der Waals surface area (Å²) in [5.41, 5.74) is 4.88. The summed E-state index contributed by atoms with van der Waals surface area (Å²) in [6, 6.07) is 16.6. The van der Waals surface area contributed by atoms with Crippen LogP contribution in [0.15, 0.2) is 54.6 Å². The quantitative estimate of drug-likeness (QED) is 0.390. The topological polar surface area (TPSA) is 67.0 Å². The zero-order chi connectivity index (χ0) is 21.3. The molecule has 30 heavy (non-hydrogen) atoms. The Bertz CT molecular complexity index is 1190. The van der Waals surface area contributed by atoms with Gasteiger partial charge in [-0.15, -0.1) is 0 Å². The fourth-order valence-corrected chi connectivity index (χ4v) is 3.52. The number of hydrogen-bond acceptors (Lipinski definition) is 3. The molecule has 5 nitrogen and oxygen atoms in total. The number of benzene rings is 3. The van der Waals surface area contributed by atoms with Crippen LogP contribution in [-0.2, 0) is 4.79 Å². The summed E-state index contributed by atoms with van der Waals surface area (Å²) in [7, 11) is 0. The zero-order valence-corrected chi connectivity index (χ0v) is 17.9. The van der Waals surface area contributed by atoms with Crippen LogP contribution in [0, 0.1) is 13.8 Å². The molecule has 152 valence electrons. The van der Waals surface area contributed by atoms with E-state index in [0.717, 1.165) is 22.2 Å². The summed E-state index contributed by atoms with van der Waals surface area (Å²) in [6.45, 7) is 3.67. The minimum atomic E-state index is -0.280. The van der Waals surface area contributed by atoms with Crippen LogP contribution in [0.2, 0.25) is 10.0 Å². The SMILES string of the molecule is Cc1cc(OCC(=O)Nc2ccc(Cl)c(-c3nc4ccccc4[nH]3)c2)cc(C)c1Cl. The molecule has 0 spiro atoms. The van der Waals surface area contributed by atoms with Crippen molar-refractivity contribution in [2.24, 2.45) is 0 Å². The number of para-hydroxylation sites is 2. The zero-order valence-electron chi connectivity index (χ0n) is 16.4. The Morgan fingerprint density at radius 3 is 2.53 bits per heavy atom. The number of ether oxygens (including phenoxy) is 1. The summed E-state index contributed by atoms with van der Waals surface area (Å²) in [5.74, 6) is 0.961. The molecule has 4 rings (SSSR count). The van der Waals surface area contributed by atoms with Crippen molar-refractivity contribution in [1.82, 2.24) is 9.97 Å². The highest BCUT2D eigenvalue weighted by molar-refractivity contribution is 6.33. The van der Waals surface area contributed by atoms with Crippen molar-refractivity contribution < 1.29 is 9.53 Å². The maximum absolute atomic E-state index is 12.4. The minimum absolute atomic E-state index is 0.122. The molecule has 0 aliphatic heterocycles. The van der Waals surface area contributed by atoms with Gasteiger partial charge in [-0.25, -0.2) is 4.98 Å². The second-order valence-electron chi connectivity index (χ2n) is 7.01. The van der Waals surface area contributed by atoms with Gasteiger partial charge in [0.25, 0.3) is 5.91 Å². The Labute approximate surface area is 184 Å². The Kier molecular flexibility index (Phi) is 5.66. The van der Waals surface area contributed by atoms with E-state index in [4.69, 9.17) is 27.9 Å². The highest BCUT2D eigenvalue weighted by atomic mass is 35.5. The van der Waals surface area contributed by atoms with Crippen LogP contribution >= 0.6 is 23.2 Å². The number of aryl methyl sites for hydroxylation is 2. The Hall–Kier alpha value is -3.02. The van der Waals surface area contributed by atoms with Gasteiger partial charge in [-0.05, 0) is 67.4 Å². The van der Waals surface area contributed by atoms with E-state index in [2.05, 4.69) is 15.3 Å². The number of imidazole rings is 1. The number of aromatic nitrogens is 2. The van der Waals surface area contributed by atoms with Crippen LogP contribution < -0.4 is 10.1 Å². The molecule has 0 saturated heterocycles. The molecule has 0 aliphatic carbocycles. The number of fused-ring (bicyclic) bond motifs is 1. The molecule has 3 aromatic carbocycles. The first kappa shape index (κ1) is 20.3. The van der Waals surface area contributed by atoms with Gasteiger partial charge in [0, 0.05) is 16.3 Å². The van der Waals surface area contributed by atoms with Gasteiger partial charge >= 0.3 is 0 Å². The van der Waals surface area contributed by atoms with E-state index >= 15 is 0 Å². The van der Waals surface area contributed by atoms with E-state index in [1.165, 1.54) is 0 Å². The monoisotopic (exact) mass is 439 g/mol. The predicted molar refractivity (Wildman–Crippen MR) is 122 cm³/mol. The number of amides is 1. The number of aromatic amines is 1. The van der Waals surface area contributed by atoms with Crippen molar-refractivity contribution >= 4 is 45.8 Å². The molecule has 4 aromatic rings. The second kappa shape index (κ2) is 8.38. The summed E-state index contributed by atoms with van der Waals surface area (Å²) < 4.78 is 5.62. The van der Waals surface area contributed by atoms with Gasteiger partial charge in [-0.2, -0.15) is 0 Å². The molecule has 1 heterocycles. The lowest BCUT2D eigenvalue weighted by Crippen LogP contribution is -2.20. The molecule has 2 N–H and O–H groups in total. The number of carbonyl (C=O) groups excluding carboxylic acids is 1. The van der Waals surface area contributed by atoms with Gasteiger partial charge in [-0.3, -0.25) is 4.79 Å². The maximum atomic E-state index is 12.4. The molecule has 1 aromatic heterocycles. The number of rotatable bonds is 5. The predicted octanol–water partition coefficient (Wildman–Crippen LogP) is 6.17. The number of anilines is 1. The van der Waals surface area contributed by atoms with Crippen molar-refractivity contribution in [3.05, 3.63) is 75.8 Å². The van der Waals surface area contributed by atoms with Crippen LogP contribution in [0.4, 0.5) is 5.69 Å². The first-order chi connectivity index (χ1) is 14.4. The van der Waals surface area contributed by atoms with Crippen LogP contribution in [0.25, 0.3) is 22.4 Å². The van der Waals surface area contributed by atoms with Crippen molar-refractivity contribution in [2.75, 3.05) is 11.9 Å². The smallest absolute Gasteiger partial charge is 0.262 e. The summed E-state index contributed by atoms with van der Waals surface area (Å²) in [4.78, 5) is 20.2. The van der Waals surface area contributed by atoms with Crippen molar-refractivity contribution in [3.8, 4) is 17.1 Å². The molecule has 0 bridgehead atoms. The Balaban J connectivity index is 1.48. The van der Waals surface area contributed by atoms with Crippen LogP contribution in [-0.4, -0.2) is 22.5 Å². The van der Waals surface area contributed by atoms with E-state index < -0.39 is 0 Å². The van der Waals surface area contributed by atoms with Gasteiger partial charge < -0.3 is 15.0 Å². The highest BCUT2D eigenvalue weighted by Gasteiger charge is 2.12. The third-order valence-corrected chi connectivity index (χ3v) is 5.60. The van der Waals surface area contributed by atoms with Crippen molar-refractivity contribution in [1.29, 1.82) is 0 Å². The lowest BCUT2D eigenvalue weighted by Gasteiger charge is -2.11. The lowest BCUT2D eigenvalue weighted by molar-refractivity contribution is -0.118. The third-order valence-electron chi connectivity index (χ3n) is 4.67. The molecule has 0 aliphatic rings. The largest absolute Gasteiger partial charge is 0.484 e. The first-order valence-electron chi connectivity index (χ1n) is 9.35. The summed E-state index contributed by atoms with van der Waals surface area (Å²) in [5, 5.41) is 4.07. The molecule has 0 atom stereocenters. The molecule has 0 unspecified atom stereocenters. The third kappa shape index (κ3) is 4.27. The molecule has 0 radical (unpaired) electrons. The van der Waals surface area contributed by atoms with E-state index in [9.17, 15) is 4.79 Å². The van der Waals surface area contributed by atoms with E-state index in [1.807, 2.05) is 50.2 Å². The average molecular weight is 440 g/mol. The number of halogens is 2. The van der Waals surface area contributed by atoms with Gasteiger partial charge in [0.15, 0.2) is 6.61 Å². The average Bonchev–Trinajstić information content (AvgIpc) is 3.16. The Morgan fingerprint density at radius 2 is 1.80 bits per heavy atom.